The number of ketones is 1. The number of amides is 2. The molecule has 3 unspecified atom stereocenters. The molecule has 170 valence electrons. The number of rotatable bonds is 5. The molecule has 2 heterocycles. The number of hydrogen-bond acceptors (Lipinski definition) is 6. The molecule has 0 radical (unpaired) electrons. The molecule has 1 saturated heterocycles. The molecule has 2 saturated carbocycles. The van der Waals surface area contributed by atoms with E-state index in [4.69, 9.17) is 4.74 Å². The number of aliphatic hydroxyl groups is 1. The summed E-state index contributed by atoms with van der Waals surface area (Å²) in [7, 11) is 1.65. The molecule has 3 atom stereocenters. The van der Waals surface area contributed by atoms with Crippen LogP contribution >= 0.6 is 11.8 Å². The van der Waals surface area contributed by atoms with Crippen LogP contribution in [0.1, 0.15) is 38.2 Å². The number of thioether (sulfide) groups is 1. The van der Waals surface area contributed by atoms with Gasteiger partial charge in [0.2, 0.25) is 0 Å². The van der Waals surface area contributed by atoms with E-state index in [1.165, 1.54) is 11.8 Å². The molecular weight excluding hydrogens is 426 g/mol. The third-order valence-electron chi connectivity index (χ3n) is 7.26. The third-order valence-corrected chi connectivity index (χ3v) is 8.83. The highest BCUT2D eigenvalue weighted by atomic mass is 32.2. The van der Waals surface area contributed by atoms with Gasteiger partial charge >= 0.3 is 6.03 Å². The largest absolute Gasteiger partial charge is 0.497 e. The highest BCUT2D eigenvalue weighted by Crippen LogP contribution is 2.67. The smallest absolute Gasteiger partial charge is 0.323 e. The number of carbonyl (C=O) groups excluding carboxylic acids is 2. The quantitative estimate of drug-likeness (QED) is 0.712. The van der Waals surface area contributed by atoms with E-state index in [1.54, 1.807) is 13.3 Å². The third kappa shape index (κ3) is 3.53. The Bertz CT molecular complexity index is 1000. The molecule has 0 aromatic heterocycles. The summed E-state index contributed by atoms with van der Waals surface area (Å²) in [6.07, 6.45) is 5.68. The van der Waals surface area contributed by atoms with Crippen molar-refractivity contribution in [2.24, 2.45) is 16.8 Å². The average molecular weight is 456 g/mol. The van der Waals surface area contributed by atoms with Gasteiger partial charge in [-0.15, -0.1) is 11.8 Å². The number of methoxy groups -OCH3 is 1. The lowest BCUT2D eigenvalue weighted by Crippen LogP contribution is -2.53. The summed E-state index contributed by atoms with van der Waals surface area (Å²) in [5.74, 6) is 1.53. The van der Waals surface area contributed by atoms with Gasteiger partial charge in [0, 0.05) is 23.7 Å². The summed E-state index contributed by atoms with van der Waals surface area (Å²) >= 11 is 1.38. The van der Waals surface area contributed by atoms with Crippen LogP contribution in [0.5, 0.6) is 5.75 Å². The molecule has 8 heteroatoms. The maximum atomic E-state index is 13.4. The molecular formula is C24H29N3O4S. The molecule has 3 fully saturated rings. The number of fused-ring (bicyclic) bond motifs is 2. The molecule has 1 spiro atoms. The number of benzene rings is 1. The molecule has 1 aromatic carbocycles. The maximum Gasteiger partial charge on any atom is 0.323 e. The van der Waals surface area contributed by atoms with Crippen molar-refractivity contribution >= 4 is 29.4 Å². The number of urea groups is 1. The van der Waals surface area contributed by atoms with Crippen LogP contribution in [-0.4, -0.2) is 58.2 Å². The van der Waals surface area contributed by atoms with Crippen molar-refractivity contribution in [3.05, 3.63) is 40.9 Å². The number of carbonyl (C=O) groups is 2. The zero-order valence-electron chi connectivity index (χ0n) is 18.4. The zero-order valence-corrected chi connectivity index (χ0v) is 19.2. The van der Waals surface area contributed by atoms with Crippen LogP contribution in [0.15, 0.2) is 40.4 Å². The fourth-order valence-corrected chi connectivity index (χ4v) is 6.63. The SMILES string of the molecule is COc1cccc(CCN(C(=O)NC2=NC=C3SC4(C(=O)C4O)C32)C2CCC(C)CC2)c1. The Morgan fingerprint density at radius 1 is 1.34 bits per heavy atom. The van der Waals surface area contributed by atoms with Crippen molar-refractivity contribution in [1.29, 1.82) is 0 Å². The van der Waals surface area contributed by atoms with E-state index in [-0.39, 0.29) is 23.8 Å². The van der Waals surface area contributed by atoms with E-state index >= 15 is 0 Å². The van der Waals surface area contributed by atoms with E-state index in [2.05, 4.69) is 17.2 Å². The predicted octanol–water partition coefficient (Wildman–Crippen LogP) is 3.13. The monoisotopic (exact) mass is 455 g/mol. The Labute approximate surface area is 192 Å². The van der Waals surface area contributed by atoms with E-state index in [9.17, 15) is 14.7 Å². The molecule has 2 aliphatic carbocycles. The Kier molecular flexibility index (Phi) is 5.53. The molecule has 0 bridgehead atoms. The summed E-state index contributed by atoms with van der Waals surface area (Å²) in [5, 5.41) is 13.0. The number of aliphatic hydroxyl groups excluding tert-OH is 1. The number of amidine groups is 1. The van der Waals surface area contributed by atoms with E-state index in [0.29, 0.717) is 18.3 Å². The summed E-state index contributed by atoms with van der Waals surface area (Å²) in [6, 6.07) is 7.95. The molecule has 2 N–H and O–H groups in total. The van der Waals surface area contributed by atoms with Crippen molar-refractivity contribution in [2.75, 3.05) is 13.7 Å². The second kappa shape index (κ2) is 8.23. The lowest BCUT2D eigenvalue weighted by molar-refractivity contribution is -0.113. The van der Waals surface area contributed by atoms with Gasteiger partial charge in [-0.3, -0.25) is 10.1 Å². The topological polar surface area (TPSA) is 91.2 Å². The van der Waals surface area contributed by atoms with Gasteiger partial charge < -0.3 is 14.7 Å². The normalized spacial score (nSPS) is 32.5. The maximum absolute atomic E-state index is 13.4. The molecule has 2 aliphatic heterocycles. The average Bonchev–Trinajstić information content (AvgIpc) is 3.16. The van der Waals surface area contributed by atoms with Crippen molar-refractivity contribution in [1.82, 2.24) is 10.2 Å². The van der Waals surface area contributed by atoms with Gasteiger partial charge in [-0.25, -0.2) is 9.79 Å². The summed E-state index contributed by atoms with van der Waals surface area (Å²) in [6.45, 7) is 2.86. The van der Waals surface area contributed by atoms with Crippen molar-refractivity contribution in [2.45, 2.75) is 55.9 Å². The van der Waals surface area contributed by atoms with Crippen LogP contribution in [0.25, 0.3) is 0 Å². The summed E-state index contributed by atoms with van der Waals surface area (Å²) < 4.78 is 4.51. The molecule has 2 amide bonds. The fraction of sp³-hybridized carbons (Fsp3) is 0.542. The number of nitrogens with one attached hydrogen (secondary N) is 1. The summed E-state index contributed by atoms with van der Waals surface area (Å²) in [4.78, 5) is 32.7. The van der Waals surface area contributed by atoms with Gasteiger partial charge in [0.15, 0.2) is 5.78 Å². The Hall–Kier alpha value is -2.32. The number of nitrogens with zero attached hydrogens (tertiary/aromatic N) is 2. The molecule has 5 rings (SSSR count). The van der Waals surface area contributed by atoms with Crippen LogP contribution in [0.3, 0.4) is 0 Å². The van der Waals surface area contributed by atoms with Gasteiger partial charge in [0.1, 0.15) is 22.4 Å². The number of Topliss-reactive ketones (excluding diaryl/α,β-unsaturated/α-hetero) is 1. The Balaban J connectivity index is 1.29. The van der Waals surface area contributed by atoms with Crippen LogP contribution in [-0.2, 0) is 11.2 Å². The van der Waals surface area contributed by atoms with E-state index < -0.39 is 10.9 Å². The van der Waals surface area contributed by atoms with Crippen molar-refractivity contribution < 1.29 is 19.4 Å². The lowest BCUT2D eigenvalue weighted by atomic mass is 9.86. The first-order valence-corrected chi connectivity index (χ1v) is 12.2. The minimum atomic E-state index is -0.959. The van der Waals surface area contributed by atoms with Crippen molar-refractivity contribution in [3.63, 3.8) is 0 Å². The Morgan fingerprint density at radius 3 is 2.78 bits per heavy atom. The van der Waals surface area contributed by atoms with Crippen LogP contribution in [0.4, 0.5) is 4.79 Å². The first kappa shape index (κ1) is 21.5. The van der Waals surface area contributed by atoms with Crippen LogP contribution in [0.2, 0.25) is 0 Å². The van der Waals surface area contributed by atoms with Gasteiger partial charge in [0.25, 0.3) is 0 Å². The van der Waals surface area contributed by atoms with E-state index in [0.717, 1.165) is 48.3 Å². The van der Waals surface area contributed by atoms with Gasteiger partial charge in [0.05, 0.1) is 13.0 Å². The fourth-order valence-electron chi connectivity index (χ4n) is 5.17. The van der Waals surface area contributed by atoms with Gasteiger partial charge in [-0.2, -0.15) is 0 Å². The second-order valence-electron chi connectivity index (χ2n) is 9.28. The second-order valence-corrected chi connectivity index (χ2v) is 10.6. The highest BCUT2D eigenvalue weighted by Gasteiger charge is 2.78. The van der Waals surface area contributed by atoms with Gasteiger partial charge in [-0.1, -0.05) is 19.1 Å². The highest BCUT2D eigenvalue weighted by molar-refractivity contribution is 8.07. The van der Waals surface area contributed by atoms with Crippen molar-refractivity contribution in [3.8, 4) is 5.75 Å². The standard InChI is InChI=1S/C24H29N3O4S/c1-14-6-8-16(9-7-14)27(11-10-15-4-3-5-17(12-15)31-2)23(30)26-22-19-18(13-25-22)32-24(19)20(28)21(24)29/h3-5,12-14,16,19-20,28H,6-11H2,1-2H3,(H,25,26,30). The predicted molar refractivity (Wildman–Crippen MR) is 124 cm³/mol. The molecule has 32 heavy (non-hydrogen) atoms. The Morgan fingerprint density at radius 2 is 2.09 bits per heavy atom. The van der Waals surface area contributed by atoms with Crippen LogP contribution < -0.4 is 10.1 Å². The summed E-state index contributed by atoms with van der Waals surface area (Å²) in [5.41, 5.74) is 1.12. The minimum absolute atomic E-state index is 0.162. The first-order chi connectivity index (χ1) is 15.4. The number of ether oxygens (including phenoxy) is 1. The lowest BCUT2D eigenvalue weighted by Gasteiger charge is -2.38. The van der Waals surface area contributed by atoms with Crippen LogP contribution in [0, 0.1) is 11.8 Å². The van der Waals surface area contributed by atoms with E-state index in [1.807, 2.05) is 29.2 Å². The molecule has 1 aromatic rings. The minimum Gasteiger partial charge on any atom is -0.497 e. The number of hydrogen-bond donors (Lipinski definition) is 2. The zero-order chi connectivity index (χ0) is 22.5. The number of aliphatic imine (C=N–C) groups is 1. The first-order valence-electron chi connectivity index (χ1n) is 11.3. The van der Waals surface area contributed by atoms with Gasteiger partial charge in [-0.05, 0) is 55.7 Å². The molecule has 7 nitrogen and oxygen atoms in total. The molecule has 4 aliphatic rings.